The van der Waals surface area contributed by atoms with Crippen LogP contribution in [0.4, 0.5) is 0 Å². The summed E-state index contributed by atoms with van der Waals surface area (Å²) in [7, 11) is 0. The van der Waals surface area contributed by atoms with Crippen molar-refractivity contribution in [3.63, 3.8) is 0 Å². The van der Waals surface area contributed by atoms with Crippen molar-refractivity contribution in [1.29, 1.82) is 0 Å². The zero-order valence-corrected chi connectivity index (χ0v) is 9.33. The van der Waals surface area contributed by atoms with Crippen molar-refractivity contribution >= 4 is 17.5 Å². The van der Waals surface area contributed by atoms with E-state index in [0.29, 0.717) is 11.2 Å². The van der Waals surface area contributed by atoms with E-state index in [4.69, 9.17) is 0 Å². The number of hydrogen-bond acceptors (Lipinski definition) is 4. The van der Waals surface area contributed by atoms with Crippen LogP contribution in [0.1, 0.15) is 10.4 Å². The quantitative estimate of drug-likeness (QED) is 0.626. The fraction of sp³-hybridized carbons (Fsp3) is 0. The zero-order valence-electron chi connectivity index (χ0n) is 9.33. The Morgan fingerprint density at radius 1 is 1.00 bits per heavy atom. The third kappa shape index (κ3) is 2.67. The number of rotatable bonds is 1. The van der Waals surface area contributed by atoms with Crippen LogP contribution >= 0.6 is 0 Å². The molecule has 3 aromatic rings. The summed E-state index contributed by atoms with van der Waals surface area (Å²) >= 11 is 0. The first kappa shape index (κ1) is 11.7. The van der Waals surface area contributed by atoms with Crippen LogP contribution in [0.15, 0.2) is 47.8 Å². The second-order valence-corrected chi connectivity index (χ2v) is 3.36. The minimum Gasteiger partial charge on any atom is -0.339 e. The highest BCUT2D eigenvalue weighted by molar-refractivity contribution is 5.74. The Hall–Kier alpha value is -2.76. The number of carbonyl (C=O) groups excluding carboxylic acids is 1. The summed E-state index contributed by atoms with van der Waals surface area (Å²) in [6.07, 6.45) is 3.60. The molecular weight excluding hydrogens is 232 g/mol. The average Bonchev–Trinajstić information content (AvgIpc) is 2.90. The lowest BCUT2D eigenvalue weighted by Gasteiger charge is -1.81. The van der Waals surface area contributed by atoms with Gasteiger partial charge in [-0.2, -0.15) is 0 Å². The molecule has 2 N–H and O–H groups in total. The topological polar surface area (TPSA) is 91.5 Å². The number of nitrogens with zero attached hydrogens (tertiary/aromatic N) is 2. The fourth-order valence-corrected chi connectivity index (χ4v) is 1.31. The molecule has 0 aliphatic heterocycles. The molecule has 0 amide bonds. The maximum Gasteiger partial charge on any atom is 0.276 e. The molecule has 18 heavy (non-hydrogen) atoms. The number of benzene rings is 1. The van der Waals surface area contributed by atoms with E-state index >= 15 is 0 Å². The van der Waals surface area contributed by atoms with Crippen LogP contribution < -0.4 is 5.56 Å². The smallest absolute Gasteiger partial charge is 0.276 e. The SMILES string of the molecule is O=Cc1ccccc1.O=c1[nH]cnc2nc[nH]c12. The molecule has 0 radical (unpaired) electrons. The van der Waals surface area contributed by atoms with Crippen LogP contribution in [-0.4, -0.2) is 26.2 Å². The molecule has 2 heterocycles. The third-order valence-electron chi connectivity index (χ3n) is 2.16. The minimum atomic E-state index is -0.192. The van der Waals surface area contributed by atoms with E-state index in [2.05, 4.69) is 19.9 Å². The number of fused-ring (bicyclic) bond motifs is 1. The van der Waals surface area contributed by atoms with E-state index in [1.165, 1.54) is 12.7 Å². The summed E-state index contributed by atoms with van der Waals surface area (Å²) in [6.45, 7) is 0. The zero-order chi connectivity index (χ0) is 12.8. The van der Waals surface area contributed by atoms with Gasteiger partial charge in [-0.15, -0.1) is 0 Å². The summed E-state index contributed by atoms with van der Waals surface area (Å²) < 4.78 is 0. The number of aromatic amines is 2. The monoisotopic (exact) mass is 242 g/mol. The lowest BCUT2D eigenvalue weighted by atomic mass is 10.2. The predicted octanol–water partition coefficient (Wildman–Crippen LogP) is 1.15. The summed E-state index contributed by atoms with van der Waals surface area (Å²) in [5, 5.41) is 0. The average molecular weight is 242 g/mol. The molecule has 6 heteroatoms. The highest BCUT2D eigenvalue weighted by Gasteiger charge is 1.97. The van der Waals surface area contributed by atoms with Crippen molar-refractivity contribution < 1.29 is 4.79 Å². The molecular formula is C12H10N4O2. The van der Waals surface area contributed by atoms with Gasteiger partial charge in [0.25, 0.3) is 5.56 Å². The molecule has 1 aromatic carbocycles. The van der Waals surface area contributed by atoms with E-state index in [9.17, 15) is 9.59 Å². The van der Waals surface area contributed by atoms with Gasteiger partial charge < -0.3 is 9.97 Å². The number of imidazole rings is 1. The van der Waals surface area contributed by atoms with Gasteiger partial charge in [0.2, 0.25) is 0 Å². The van der Waals surface area contributed by atoms with Gasteiger partial charge in [-0.1, -0.05) is 30.3 Å². The summed E-state index contributed by atoms with van der Waals surface area (Å²) in [4.78, 5) is 33.6. The molecule has 0 saturated heterocycles. The maximum atomic E-state index is 10.9. The standard InChI is InChI=1S/C7H6O.C5H4N4O/c8-6-7-4-2-1-3-5-7;10-5-3-4(7-1-6-3)8-2-9-5/h1-6H;1-2H,(H2,6,7,8,9,10). The van der Waals surface area contributed by atoms with Crippen LogP contribution in [0, 0.1) is 0 Å². The molecule has 0 bridgehead atoms. The van der Waals surface area contributed by atoms with E-state index in [1.807, 2.05) is 18.2 Å². The van der Waals surface area contributed by atoms with Crippen molar-refractivity contribution in [1.82, 2.24) is 19.9 Å². The Balaban J connectivity index is 0.000000138. The Morgan fingerprint density at radius 3 is 2.22 bits per heavy atom. The van der Waals surface area contributed by atoms with Crippen molar-refractivity contribution in [2.24, 2.45) is 0 Å². The van der Waals surface area contributed by atoms with Gasteiger partial charge in [-0.25, -0.2) is 9.97 Å². The van der Waals surface area contributed by atoms with Gasteiger partial charge in [0.05, 0.1) is 12.7 Å². The van der Waals surface area contributed by atoms with Crippen molar-refractivity contribution in [3.8, 4) is 0 Å². The second kappa shape index (κ2) is 5.53. The number of carbonyl (C=O) groups is 1. The summed E-state index contributed by atoms with van der Waals surface area (Å²) in [5.41, 5.74) is 1.40. The summed E-state index contributed by atoms with van der Waals surface area (Å²) in [6, 6.07) is 9.10. The Bertz CT molecular complexity index is 688. The highest BCUT2D eigenvalue weighted by Crippen LogP contribution is 1.94. The lowest BCUT2D eigenvalue weighted by molar-refractivity contribution is 0.112. The Morgan fingerprint density at radius 2 is 1.67 bits per heavy atom. The normalized spacial score (nSPS) is 9.56. The van der Waals surface area contributed by atoms with E-state index in [0.717, 1.165) is 11.8 Å². The Kier molecular flexibility index (Phi) is 3.60. The second-order valence-electron chi connectivity index (χ2n) is 3.36. The van der Waals surface area contributed by atoms with E-state index in [1.54, 1.807) is 12.1 Å². The van der Waals surface area contributed by atoms with Crippen LogP contribution in [0.5, 0.6) is 0 Å². The van der Waals surface area contributed by atoms with Crippen molar-refractivity contribution in [3.05, 3.63) is 58.9 Å². The molecule has 0 saturated carbocycles. The van der Waals surface area contributed by atoms with Crippen LogP contribution in [0.3, 0.4) is 0 Å². The van der Waals surface area contributed by atoms with Gasteiger partial charge in [0.1, 0.15) is 6.29 Å². The first-order valence-corrected chi connectivity index (χ1v) is 5.18. The number of aldehydes is 1. The largest absolute Gasteiger partial charge is 0.339 e. The molecule has 6 nitrogen and oxygen atoms in total. The molecule has 0 aliphatic carbocycles. The molecule has 0 spiro atoms. The van der Waals surface area contributed by atoms with Gasteiger partial charge in [0.15, 0.2) is 11.2 Å². The van der Waals surface area contributed by atoms with E-state index < -0.39 is 0 Å². The first-order chi connectivity index (χ1) is 8.81. The number of aromatic nitrogens is 4. The summed E-state index contributed by atoms with van der Waals surface area (Å²) in [5.74, 6) is 0. The maximum absolute atomic E-state index is 10.9. The molecule has 0 unspecified atom stereocenters. The van der Waals surface area contributed by atoms with Crippen LogP contribution in [-0.2, 0) is 0 Å². The van der Waals surface area contributed by atoms with Crippen LogP contribution in [0.2, 0.25) is 0 Å². The van der Waals surface area contributed by atoms with Gasteiger partial charge in [-0.05, 0) is 0 Å². The van der Waals surface area contributed by atoms with Crippen LogP contribution in [0.25, 0.3) is 11.2 Å². The first-order valence-electron chi connectivity index (χ1n) is 5.18. The minimum absolute atomic E-state index is 0.192. The third-order valence-corrected chi connectivity index (χ3v) is 2.16. The lowest BCUT2D eigenvalue weighted by Crippen LogP contribution is -2.05. The van der Waals surface area contributed by atoms with Crippen molar-refractivity contribution in [2.45, 2.75) is 0 Å². The number of nitrogens with one attached hydrogen (secondary N) is 2. The van der Waals surface area contributed by atoms with Gasteiger partial charge >= 0.3 is 0 Å². The number of hydrogen-bond donors (Lipinski definition) is 2. The molecule has 0 aliphatic rings. The fourth-order valence-electron chi connectivity index (χ4n) is 1.31. The highest BCUT2D eigenvalue weighted by atomic mass is 16.1. The van der Waals surface area contributed by atoms with Gasteiger partial charge in [-0.3, -0.25) is 9.59 Å². The van der Waals surface area contributed by atoms with E-state index in [-0.39, 0.29) is 5.56 Å². The molecule has 0 atom stereocenters. The predicted molar refractivity (Wildman–Crippen MR) is 66.3 cm³/mol. The molecule has 0 fully saturated rings. The molecule has 90 valence electrons. The molecule has 2 aromatic heterocycles. The molecule has 3 rings (SSSR count). The number of H-pyrrole nitrogens is 2. The van der Waals surface area contributed by atoms with Crippen molar-refractivity contribution in [2.75, 3.05) is 0 Å². The van der Waals surface area contributed by atoms with Gasteiger partial charge in [0, 0.05) is 5.56 Å². The Labute approximate surface area is 102 Å².